The van der Waals surface area contributed by atoms with Crippen LogP contribution in [0.15, 0.2) is 0 Å². The van der Waals surface area contributed by atoms with E-state index in [1.165, 1.54) is 0 Å². The van der Waals surface area contributed by atoms with Gasteiger partial charge in [0, 0.05) is 0 Å². The van der Waals surface area contributed by atoms with E-state index in [0.717, 1.165) is 0 Å². The molecule has 1 aliphatic rings. The molecule has 1 fully saturated rings. The minimum absolute atomic E-state index is 2.17. The van der Waals surface area contributed by atoms with Crippen molar-refractivity contribution in [3.8, 4) is 0 Å². The first-order chi connectivity index (χ1) is 4.18. The Labute approximate surface area is 63.7 Å². The third-order valence-electron chi connectivity index (χ3n) is 0.182. The van der Waals surface area contributed by atoms with E-state index in [1.54, 1.807) is 0 Å². The van der Waals surface area contributed by atoms with E-state index in [4.69, 9.17) is 0 Å². The van der Waals surface area contributed by atoms with E-state index >= 15 is 0 Å². The van der Waals surface area contributed by atoms with Gasteiger partial charge in [-0.15, -0.1) is 0 Å². The molecule has 0 aromatic carbocycles. The monoisotopic (exact) mass is 285 g/mol. The molecule has 1 aliphatic heterocycles. The Morgan fingerprint density at radius 1 is 0.667 bits per heavy atom. The molecule has 0 aromatic rings. The van der Waals surface area contributed by atoms with Crippen molar-refractivity contribution in [2.75, 3.05) is 0 Å². The van der Waals surface area contributed by atoms with Crippen molar-refractivity contribution < 1.29 is 63.7 Å². The summed E-state index contributed by atoms with van der Waals surface area (Å²) in [5.74, 6) is 0. The summed E-state index contributed by atoms with van der Waals surface area (Å²) >= 11 is -6.52. The van der Waals surface area contributed by atoms with Crippen molar-refractivity contribution in [3.05, 3.63) is 0 Å². The van der Waals surface area contributed by atoms with Gasteiger partial charge >= 0.3 is 63.7 Å². The van der Waals surface area contributed by atoms with Crippen LogP contribution in [0, 0.1) is 0 Å². The average Bonchev–Trinajstić information content (AvgIpc) is 1.59. The Balaban J connectivity index is 2.64. The number of rotatable bonds is 0. The van der Waals surface area contributed by atoms with Gasteiger partial charge in [0.25, 0.3) is 0 Å². The molecule has 0 unspecified atom stereocenters. The van der Waals surface area contributed by atoms with Crippen molar-refractivity contribution >= 4 is 0 Å². The summed E-state index contributed by atoms with van der Waals surface area (Å²) in [5, 5.41) is 0. The van der Waals surface area contributed by atoms with Gasteiger partial charge in [0.2, 0.25) is 0 Å². The van der Waals surface area contributed by atoms with Crippen LogP contribution in [0.4, 0.5) is 0 Å². The van der Waals surface area contributed by atoms with Gasteiger partial charge in [0.05, 0.1) is 0 Å². The fraction of sp³-hybridized carbons (Fsp3) is 0. The van der Waals surface area contributed by atoms with E-state index in [2.05, 4.69) is 8.70 Å². The molecule has 9 heavy (non-hydrogen) atoms. The fourth-order valence-electron chi connectivity index (χ4n) is 0.0879. The van der Waals surface area contributed by atoms with Gasteiger partial charge in [-0.1, -0.05) is 0 Å². The molecule has 69 valence electrons. The van der Waals surface area contributed by atoms with Crippen molar-refractivity contribution in [2.45, 2.75) is 0 Å². The van der Waals surface area contributed by atoms with Gasteiger partial charge < -0.3 is 0 Å². The number of hydrogen-bond acceptors (Lipinski definition) is 6. The van der Waals surface area contributed by atoms with Crippen LogP contribution in [-0.4, -0.2) is 0 Å². The van der Waals surface area contributed by atoms with Gasteiger partial charge in [-0.25, -0.2) is 0 Å². The Kier molecular flexibility index (Phi) is 2.91. The molecular weight excluding hydrogens is 287 g/mol. The van der Waals surface area contributed by atoms with Crippen LogP contribution < -0.4 is 0 Å². The molecule has 1 saturated heterocycles. The molecule has 0 spiro atoms. The summed E-state index contributed by atoms with van der Waals surface area (Å²) in [5.41, 5.74) is 0. The fourth-order valence-corrected chi connectivity index (χ4v) is 2.22. The average molecular weight is 287 g/mol. The molecule has 0 saturated carbocycles. The van der Waals surface area contributed by atoms with Crippen LogP contribution in [0.3, 0.4) is 0 Å². The van der Waals surface area contributed by atoms with Crippen molar-refractivity contribution in [2.24, 2.45) is 0 Å². The molecule has 1 heterocycles. The zero-order chi connectivity index (χ0) is 6.85. The standard InChI is InChI=1S/3Cu.6O. The Morgan fingerprint density at radius 2 is 0.889 bits per heavy atom. The molecule has 0 N–H and O–H groups in total. The SMILES string of the molecule is [O]=[Cu]1[O][Cu](=[O])[O][Cu](=[O])[O]1. The third-order valence-corrected chi connectivity index (χ3v) is 3.09. The molecule has 9 heteroatoms. The molecule has 6 nitrogen and oxygen atoms in total. The summed E-state index contributed by atoms with van der Waals surface area (Å²) in [7, 11) is 0. The van der Waals surface area contributed by atoms with Crippen LogP contribution in [0.1, 0.15) is 0 Å². The minimum atomic E-state index is -2.17. The van der Waals surface area contributed by atoms with E-state index in [0.29, 0.717) is 0 Å². The molecule has 0 aromatic heterocycles. The first kappa shape index (κ1) is 7.94. The molecule has 0 atom stereocenters. The summed E-state index contributed by atoms with van der Waals surface area (Å²) in [6.07, 6.45) is 0. The third kappa shape index (κ3) is 2.51. The molecule has 0 aliphatic carbocycles. The molecule has 0 radical (unpaired) electrons. The second-order valence-corrected chi connectivity index (χ2v) is 3.76. The van der Waals surface area contributed by atoms with Gasteiger partial charge in [-0.2, -0.15) is 0 Å². The zero-order valence-corrected chi connectivity index (χ0v) is 6.18. The summed E-state index contributed by atoms with van der Waals surface area (Å²) in [6.45, 7) is 0. The second-order valence-electron chi connectivity index (χ2n) is 0.564. The van der Waals surface area contributed by atoms with Gasteiger partial charge in [0.15, 0.2) is 0 Å². The summed E-state index contributed by atoms with van der Waals surface area (Å²) in [6, 6.07) is 0. The molecule has 0 amide bonds. The number of hydrogen-bond donors (Lipinski definition) is 0. The maximum absolute atomic E-state index is 10.1. The summed E-state index contributed by atoms with van der Waals surface area (Å²) in [4.78, 5) is 0. The molecule has 0 bridgehead atoms. The quantitative estimate of drug-likeness (QED) is 0.555. The van der Waals surface area contributed by atoms with Crippen molar-refractivity contribution in [1.29, 1.82) is 0 Å². The van der Waals surface area contributed by atoms with E-state index < -0.39 is 43.5 Å². The van der Waals surface area contributed by atoms with Crippen LogP contribution in [0.5, 0.6) is 0 Å². The summed E-state index contributed by atoms with van der Waals surface area (Å²) < 4.78 is 41.8. The Hall–Kier alpha value is 0.838. The molecular formula is Cu3O6. The van der Waals surface area contributed by atoms with Crippen LogP contribution >= 0.6 is 0 Å². The predicted octanol–water partition coefficient (Wildman–Crippen LogP) is -0.569. The van der Waals surface area contributed by atoms with E-state index in [1.807, 2.05) is 0 Å². The van der Waals surface area contributed by atoms with Crippen LogP contribution in [0.25, 0.3) is 0 Å². The Bertz CT molecular complexity index is 135. The van der Waals surface area contributed by atoms with Crippen molar-refractivity contribution in [3.63, 3.8) is 0 Å². The molecule has 1 rings (SSSR count). The first-order valence-corrected chi connectivity index (χ1v) is 4.57. The van der Waals surface area contributed by atoms with Crippen LogP contribution in [-0.2, 0) is 63.7 Å². The van der Waals surface area contributed by atoms with E-state index in [-0.39, 0.29) is 0 Å². The van der Waals surface area contributed by atoms with E-state index in [9.17, 15) is 11.5 Å². The van der Waals surface area contributed by atoms with Gasteiger partial charge in [-0.3, -0.25) is 0 Å². The normalized spacial score (nSPS) is 32.7. The second kappa shape index (κ2) is 3.29. The topological polar surface area (TPSA) is 78.9 Å². The zero-order valence-electron chi connectivity index (χ0n) is 3.35. The van der Waals surface area contributed by atoms with Gasteiger partial charge in [-0.05, 0) is 0 Å². The van der Waals surface area contributed by atoms with Crippen molar-refractivity contribution in [1.82, 2.24) is 0 Å². The Morgan fingerprint density at radius 3 is 1.11 bits per heavy atom. The first-order valence-electron chi connectivity index (χ1n) is 1.11. The maximum atomic E-state index is 10.1. The van der Waals surface area contributed by atoms with Gasteiger partial charge in [0.1, 0.15) is 0 Å². The van der Waals surface area contributed by atoms with Crippen LogP contribution in [0.2, 0.25) is 0 Å². The predicted molar refractivity (Wildman–Crippen MR) is 5.31 cm³/mol.